The number of ether oxygens (including phenoxy) is 3. The molecule has 0 aliphatic rings. The van der Waals surface area contributed by atoms with Gasteiger partial charge in [0.05, 0.1) is 18.3 Å². The van der Waals surface area contributed by atoms with Gasteiger partial charge in [-0.15, -0.1) is 0 Å². The summed E-state index contributed by atoms with van der Waals surface area (Å²) in [6, 6.07) is 22.8. The Morgan fingerprint density at radius 2 is 1.31 bits per heavy atom. The molecular weight excluding hydrogens is 448 g/mol. The maximum atomic E-state index is 12.6. The summed E-state index contributed by atoms with van der Waals surface area (Å²) >= 11 is 0. The zero-order valence-electron chi connectivity index (χ0n) is 22.2. The van der Waals surface area contributed by atoms with Gasteiger partial charge in [-0.3, -0.25) is 0 Å². The third kappa shape index (κ3) is 8.75. The van der Waals surface area contributed by atoms with Crippen molar-refractivity contribution in [1.82, 2.24) is 0 Å². The second-order valence-corrected chi connectivity index (χ2v) is 9.56. The Bertz CT molecular complexity index is 1040. The lowest BCUT2D eigenvalue weighted by Gasteiger charge is -2.15. The van der Waals surface area contributed by atoms with Crippen LogP contribution in [0.15, 0.2) is 72.8 Å². The molecule has 1 unspecified atom stereocenters. The van der Waals surface area contributed by atoms with Crippen molar-refractivity contribution in [2.75, 3.05) is 6.61 Å². The molecule has 0 radical (unpaired) electrons. The molecule has 36 heavy (non-hydrogen) atoms. The topological polar surface area (TPSA) is 44.8 Å². The molecule has 0 saturated heterocycles. The maximum absolute atomic E-state index is 12.6. The molecule has 2 atom stereocenters. The summed E-state index contributed by atoms with van der Waals surface area (Å²) < 4.78 is 17.4. The Morgan fingerprint density at radius 3 is 1.89 bits per heavy atom. The third-order valence-electron chi connectivity index (χ3n) is 6.38. The van der Waals surface area contributed by atoms with Crippen LogP contribution in [-0.4, -0.2) is 18.7 Å². The Labute approximate surface area is 216 Å². The van der Waals surface area contributed by atoms with Crippen molar-refractivity contribution in [2.24, 2.45) is 5.92 Å². The first-order chi connectivity index (χ1) is 17.5. The molecule has 0 heterocycles. The highest BCUT2D eigenvalue weighted by atomic mass is 16.5. The van der Waals surface area contributed by atoms with Crippen LogP contribution in [0.5, 0.6) is 17.2 Å². The Balaban J connectivity index is 1.50. The first-order valence-corrected chi connectivity index (χ1v) is 13.3. The van der Waals surface area contributed by atoms with Crippen LogP contribution in [0.25, 0.3) is 11.1 Å². The van der Waals surface area contributed by atoms with Gasteiger partial charge in [0.1, 0.15) is 17.2 Å². The van der Waals surface area contributed by atoms with Gasteiger partial charge in [-0.05, 0) is 85.3 Å². The SMILES string of the molecule is CCCCCCC(C)Oc1ccc(C(=O)Oc2ccc(-c3ccc(OC[C@@H](C)CC)cc3)cc2)cc1. The fourth-order valence-electron chi connectivity index (χ4n) is 3.80. The van der Waals surface area contributed by atoms with E-state index in [1.54, 1.807) is 12.1 Å². The third-order valence-corrected chi connectivity index (χ3v) is 6.38. The zero-order chi connectivity index (χ0) is 25.8. The first-order valence-electron chi connectivity index (χ1n) is 13.3. The number of hydrogen-bond donors (Lipinski definition) is 0. The van der Waals surface area contributed by atoms with E-state index >= 15 is 0 Å². The van der Waals surface area contributed by atoms with Gasteiger partial charge in [0.25, 0.3) is 0 Å². The molecule has 192 valence electrons. The smallest absolute Gasteiger partial charge is 0.343 e. The lowest BCUT2D eigenvalue weighted by atomic mass is 10.1. The number of esters is 1. The lowest BCUT2D eigenvalue weighted by molar-refractivity contribution is 0.0734. The Morgan fingerprint density at radius 1 is 0.722 bits per heavy atom. The van der Waals surface area contributed by atoms with E-state index in [1.165, 1.54) is 25.7 Å². The number of carbonyl (C=O) groups is 1. The van der Waals surface area contributed by atoms with Crippen molar-refractivity contribution in [1.29, 1.82) is 0 Å². The van der Waals surface area contributed by atoms with Crippen LogP contribution >= 0.6 is 0 Å². The highest BCUT2D eigenvalue weighted by Crippen LogP contribution is 2.26. The van der Waals surface area contributed by atoms with Crippen molar-refractivity contribution >= 4 is 5.97 Å². The summed E-state index contributed by atoms with van der Waals surface area (Å²) in [5.41, 5.74) is 2.63. The van der Waals surface area contributed by atoms with Crippen LogP contribution in [0, 0.1) is 5.92 Å². The van der Waals surface area contributed by atoms with E-state index in [1.807, 2.05) is 60.7 Å². The minimum Gasteiger partial charge on any atom is -0.493 e. The Hall–Kier alpha value is -3.27. The summed E-state index contributed by atoms with van der Waals surface area (Å²) in [7, 11) is 0. The van der Waals surface area contributed by atoms with Crippen molar-refractivity contribution in [3.8, 4) is 28.4 Å². The summed E-state index contributed by atoms with van der Waals surface area (Å²) in [5, 5.41) is 0. The molecule has 3 aromatic carbocycles. The second kappa shape index (κ2) is 14.3. The normalized spacial score (nSPS) is 12.6. The molecule has 3 aromatic rings. The average molecular weight is 489 g/mol. The van der Waals surface area contributed by atoms with E-state index in [0.717, 1.165) is 42.1 Å². The number of hydrogen-bond acceptors (Lipinski definition) is 4. The molecule has 3 rings (SSSR count). The largest absolute Gasteiger partial charge is 0.493 e. The van der Waals surface area contributed by atoms with Gasteiger partial charge in [-0.2, -0.15) is 0 Å². The van der Waals surface area contributed by atoms with Crippen LogP contribution in [-0.2, 0) is 0 Å². The fourth-order valence-corrected chi connectivity index (χ4v) is 3.80. The minimum absolute atomic E-state index is 0.159. The van der Waals surface area contributed by atoms with Crippen molar-refractivity contribution in [3.05, 3.63) is 78.4 Å². The lowest BCUT2D eigenvalue weighted by Crippen LogP contribution is -2.12. The fraction of sp³-hybridized carbons (Fsp3) is 0.406. The van der Waals surface area contributed by atoms with Crippen LogP contribution in [0.4, 0.5) is 0 Å². The molecule has 0 aliphatic heterocycles. The maximum Gasteiger partial charge on any atom is 0.343 e. The predicted octanol–water partition coefficient (Wildman–Crippen LogP) is 8.74. The van der Waals surface area contributed by atoms with E-state index < -0.39 is 0 Å². The standard InChI is InChI=1S/C32H40O4/c1-5-7-8-9-10-25(4)35-30-21-15-28(16-22-30)32(33)36-31-19-13-27(14-20-31)26-11-17-29(18-12-26)34-23-24(3)6-2/h11-22,24-25H,5-10,23H2,1-4H3/t24-,25?/m0/s1. The molecule has 0 aliphatic carbocycles. The molecule has 4 heteroatoms. The van der Waals surface area contributed by atoms with Crippen molar-refractivity contribution in [2.45, 2.75) is 72.3 Å². The predicted molar refractivity (Wildman–Crippen MR) is 147 cm³/mol. The van der Waals surface area contributed by atoms with Crippen molar-refractivity contribution < 1.29 is 19.0 Å². The minimum atomic E-state index is -0.385. The summed E-state index contributed by atoms with van der Waals surface area (Å²) in [6.45, 7) is 9.38. The Kier molecular flexibility index (Phi) is 10.9. The van der Waals surface area contributed by atoms with Crippen LogP contribution in [0.3, 0.4) is 0 Å². The van der Waals surface area contributed by atoms with Gasteiger partial charge in [0, 0.05) is 0 Å². The van der Waals surface area contributed by atoms with Gasteiger partial charge in [-0.25, -0.2) is 4.79 Å². The van der Waals surface area contributed by atoms with Gasteiger partial charge in [0.15, 0.2) is 0 Å². The van der Waals surface area contributed by atoms with Gasteiger partial charge in [-0.1, -0.05) is 70.7 Å². The van der Waals surface area contributed by atoms with E-state index in [-0.39, 0.29) is 12.1 Å². The molecule has 0 fully saturated rings. The monoisotopic (exact) mass is 488 g/mol. The van der Waals surface area contributed by atoms with E-state index in [2.05, 4.69) is 27.7 Å². The number of unbranched alkanes of at least 4 members (excludes halogenated alkanes) is 3. The molecular formula is C32H40O4. The van der Waals surface area contributed by atoms with Gasteiger partial charge in [0.2, 0.25) is 0 Å². The summed E-state index contributed by atoms with van der Waals surface area (Å²) in [6.07, 6.45) is 7.23. The van der Waals surface area contributed by atoms with Crippen LogP contribution in [0.1, 0.15) is 76.6 Å². The second-order valence-electron chi connectivity index (χ2n) is 9.56. The molecule has 0 bridgehead atoms. The van der Waals surface area contributed by atoms with Gasteiger partial charge < -0.3 is 14.2 Å². The first kappa shape index (κ1) is 27.3. The highest BCUT2D eigenvalue weighted by Gasteiger charge is 2.11. The molecule has 0 saturated carbocycles. The highest BCUT2D eigenvalue weighted by molar-refractivity contribution is 5.91. The van der Waals surface area contributed by atoms with Gasteiger partial charge >= 0.3 is 5.97 Å². The number of carbonyl (C=O) groups excluding carboxylic acids is 1. The molecule has 4 nitrogen and oxygen atoms in total. The average Bonchev–Trinajstić information content (AvgIpc) is 2.91. The zero-order valence-corrected chi connectivity index (χ0v) is 22.2. The van der Waals surface area contributed by atoms with Crippen LogP contribution < -0.4 is 14.2 Å². The van der Waals surface area contributed by atoms with Crippen molar-refractivity contribution in [3.63, 3.8) is 0 Å². The number of benzene rings is 3. The van der Waals surface area contributed by atoms with E-state index in [4.69, 9.17) is 14.2 Å². The summed E-state index contributed by atoms with van der Waals surface area (Å²) in [5.74, 6) is 2.32. The van der Waals surface area contributed by atoms with E-state index in [0.29, 0.717) is 17.2 Å². The molecule has 0 N–H and O–H groups in total. The molecule has 0 amide bonds. The summed E-state index contributed by atoms with van der Waals surface area (Å²) in [4.78, 5) is 12.6. The van der Waals surface area contributed by atoms with E-state index in [9.17, 15) is 4.79 Å². The molecule has 0 spiro atoms. The quantitative estimate of drug-likeness (QED) is 0.129. The van der Waals surface area contributed by atoms with Crippen LogP contribution in [0.2, 0.25) is 0 Å². The number of rotatable bonds is 14. The molecule has 0 aromatic heterocycles.